The monoisotopic (exact) mass is 192 g/mol. The minimum absolute atomic E-state index is 0.0908. The van der Waals surface area contributed by atoms with Crippen LogP contribution in [0.2, 0.25) is 0 Å². The number of nitrogens with zero attached hydrogens (tertiary/aromatic N) is 1. The molecule has 2 rings (SSSR count). The number of aryl methyl sites for hydroxylation is 1. The number of halogens is 1. The molecule has 0 aromatic heterocycles. The lowest BCUT2D eigenvalue weighted by Gasteiger charge is -2.30. The molecule has 1 aromatic carbocycles. The van der Waals surface area contributed by atoms with Crippen LogP contribution in [0, 0.1) is 19.2 Å². The molecule has 1 fully saturated rings. The van der Waals surface area contributed by atoms with E-state index in [1.807, 2.05) is 13.0 Å². The summed E-state index contributed by atoms with van der Waals surface area (Å²) in [5, 5.41) is 0. The Bertz CT molecular complexity index is 296. The summed E-state index contributed by atoms with van der Waals surface area (Å²) in [5.41, 5.74) is 1.83. The molecular formula is C12H15FN. The Hall–Kier alpha value is -1.05. The maximum atomic E-state index is 13.6. The molecule has 0 aliphatic carbocycles. The van der Waals surface area contributed by atoms with Crippen molar-refractivity contribution in [2.75, 3.05) is 18.0 Å². The second kappa shape index (κ2) is 3.99. The van der Waals surface area contributed by atoms with Crippen molar-refractivity contribution in [2.24, 2.45) is 0 Å². The molecule has 2 heteroatoms. The molecule has 1 aliphatic heterocycles. The number of piperidine rings is 1. The lowest BCUT2D eigenvalue weighted by molar-refractivity contribution is 0.601. The topological polar surface area (TPSA) is 3.24 Å². The third kappa shape index (κ3) is 1.74. The number of rotatable bonds is 1. The minimum atomic E-state index is -0.0908. The van der Waals surface area contributed by atoms with E-state index in [4.69, 9.17) is 0 Å². The number of benzene rings is 1. The molecule has 1 heterocycles. The largest absolute Gasteiger partial charge is 0.369 e. The van der Waals surface area contributed by atoms with Crippen molar-refractivity contribution in [1.29, 1.82) is 0 Å². The first-order valence-corrected chi connectivity index (χ1v) is 5.11. The predicted molar refractivity (Wildman–Crippen MR) is 56.9 cm³/mol. The van der Waals surface area contributed by atoms with E-state index in [-0.39, 0.29) is 5.82 Å². The Morgan fingerprint density at radius 1 is 1.21 bits per heavy atom. The van der Waals surface area contributed by atoms with Crippen molar-refractivity contribution >= 4 is 5.69 Å². The fourth-order valence-corrected chi connectivity index (χ4v) is 2.00. The number of anilines is 1. The summed E-state index contributed by atoms with van der Waals surface area (Å²) in [4.78, 5) is 2.14. The molecule has 14 heavy (non-hydrogen) atoms. The second-order valence-electron chi connectivity index (χ2n) is 3.76. The van der Waals surface area contributed by atoms with E-state index in [1.165, 1.54) is 0 Å². The van der Waals surface area contributed by atoms with Crippen molar-refractivity contribution < 1.29 is 4.39 Å². The lowest BCUT2D eigenvalue weighted by Crippen LogP contribution is -2.31. The number of hydrogen-bond donors (Lipinski definition) is 0. The molecule has 1 radical (unpaired) electrons. The molecule has 0 bridgehead atoms. The summed E-state index contributed by atoms with van der Waals surface area (Å²) in [7, 11) is 0. The Kier molecular flexibility index (Phi) is 2.71. The maximum Gasteiger partial charge on any atom is 0.146 e. The molecule has 1 nitrogen and oxygen atoms in total. The van der Waals surface area contributed by atoms with Crippen molar-refractivity contribution in [2.45, 2.75) is 19.8 Å². The van der Waals surface area contributed by atoms with Gasteiger partial charge in [-0.25, -0.2) is 4.39 Å². The van der Waals surface area contributed by atoms with Gasteiger partial charge >= 0.3 is 0 Å². The standard InChI is InChI=1S/C12H15FN/c1-10-6-5-7-11(13)12(10)14-8-3-2-4-9-14/h2,5-7H,3-4,8-9H2,1H3. The lowest BCUT2D eigenvalue weighted by atomic mass is 10.1. The van der Waals surface area contributed by atoms with E-state index in [2.05, 4.69) is 11.3 Å². The first kappa shape index (κ1) is 9.50. The van der Waals surface area contributed by atoms with Crippen LogP contribution in [0.25, 0.3) is 0 Å². The third-order valence-electron chi connectivity index (χ3n) is 2.71. The van der Waals surface area contributed by atoms with Crippen LogP contribution in [0.3, 0.4) is 0 Å². The summed E-state index contributed by atoms with van der Waals surface area (Å²) in [6.07, 6.45) is 4.40. The zero-order valence-electron chi connectivity index (χ0n) is 8.46. The summed E-state index contributed by atoms with van der Waals surface area (Å²) in [6, 6.07) is 5.28. The highest BCUT2D eigenvalue weighted by atomic mass is 19.1. The molecule has 0 amide bonds. The Balaban J connectivity index is 2.29. The fourth-order valence-electron chi connectivity index (χ4n) is 2.00. The van der Waals surface area contributed by atoms with Gasteiger partial charge in [-0.2, -0.15) is 0 Å². The maximum absolute atomic E-state index is 13.6. The van der Waals surface area contributed by atoms with Gasteiger partial charge in [0.25, 0.3) is 0 Å². The molecule has 0 atom stereocenters. The SMILES string of the molecule is Cc1cccc(F)c1N1CC[CH]CC1. The van der Waals surface area contributed by atoms with Gasteiger partial charge in [-0.3, -0.25) is 0 Å². The molecule has 1 aliphatic rings. The first-order chi connectivity index (χ1) is 6.79. The molecule has 0 spiro atoms. The van der Waals surface area contributed by atoms with E-state index < -0.39 is 0 Å². The quantitative estimate of drug-likeness (QED) is 0.661. The van der Waals surface area contributed by atoms with Crippen LogP contribution in [0.4, 0.5) is 10.1 Å². The zero-order chi connectivity index (χ0) is 9.97. The van der Waals surface area contributed by atoms with Crippen LogP contribution in [0.15, 0.2) is 18.2 Å². The van der Waals surface area contributed by atoms with E-state index in [0.29, 0.717) is 0 Å². The first-order valence-electron chi connectivity index (χ1n) is 5.11. The summed E-state index contributed by atoms with van der Waals surface area (Å²) >= 11 is 0. The van der Waals surface area contributed by atoms with Gasteiger partial charge in [0.05, 0.1) is 5.69 Å². The summed E-state index contributed by atoms with van der Waals surface area (Å²) < 4.78 is 13.6. The van der Waals surface area contributed by atoms with Gasteiger partial charge in [0, 0.05) is 13.1 Å². The third-order valence-corrected chi connectivity index (χ3v) is 2.71. The fraction of sp³-hybridized carbons (Fsp3) is 0.417. The van der Waals surface area contributed by atoms with Gasteiger partial charge in [-0.15, -0.1) is 0 Å². The van der Waals surface area contributed by atoms with Gasteiger partial charge < -0.3 is 4.90 Å². The van der Waals surface area contributed by atoms with Crippen LogP contribution < -0.4 is 4.90 Å². The van der Waals surface area contributed by atoms with E-state index in [0.717, 1.165) is 37.2 Å². The van der Waals surface area contributed by atoms with Crippen LogP contribution in [0.1, 0.15) is 18.4 Å². The predicted octanol–water partition coefficient (Wildman–Crippen LogP) is 2.94. The van der Waals surface area contributed by atoms with E-state index in [1.54, 1.807) is 12.1 Å². The molecular weight excluding hydrogens is 177 g/mol. The summed E-state index contributed by atoms with van der Waals surface area (Å²) in [5.74, 6) is -0.0908. The zero-order valence-corrected chi connectivity index (χ0v) is 8.46. The van der Waals surface area contributed by atoms with Crippen molar-refractivity contribution in [1.82, 2.24) is 0 Å². The van der Waals surface area contributed by atoms with Crippen LogP contribution in [0.5, 0.6) is 0 Å². The van der Waals surface area contributed by atoms with E-state index in [9.17, 15) is 4.39 Å². The van der Waals surface area contributed by atoms with Gasteiger partial charge in [-0.1, -0.05) is 12.1 Å². The Labute approximate surface area is 84.5 Å². The van der Waals surface area contributed by atoms with Crippen molar-refractivity contribution in [3.8, 4) is 0 Å². The highest BCUT2D eigenvalue weighted by Gasteiger charge is 2.16. The average molecular weight is 192 g/mol. The van der Waals surface area contributed by atoms with Gasteiger partial charge in [0.1, 0.15) is 5.82 Å². The Morgan fingerprint density at radius 3 is 2.57 bits per heavy atom. The van der Waals surface area contributed by atoms with Crippen molar-refractivity contribution in [3.63, 3.8) is 0 Å². The molecule has 1 aromatic rings. The highest BCUT2D eigenvalue weighted by molar-refractivity contribution is 5.54. The minimum Gasteiger partial charge on any atom is -0.369 e. The molecule has 75 valence electrons. The molecule has 0 saturated carbocycles. The second-order valence-corrected chi connectivity index (χ2v) is 3.76. The highest BCUT2D eigenvalue weighted by Crippen LogP contribution is 2.26. The average Bonchev–Trinajstić information content (AvgIpc) is 2.19. The molecule has 0 N–H and O–H groups in total. The summed E-state index contributed by atoms with van der Waals surface area (Å²) in [6.45, 7) is 3.86. The van der Waals surface area contributed by atoms with Crippen LogP contribution >= 0.6 is 0 Å². The smallest absolute Gasteiger partial charge is 0.146 e. The molecule has 0 unspecified atom stereocenters. The van der Waals surface area contributed by atoms with Gasteiger partial charge in [0.15, 0.2) is 0 Å². The van der Waals surface area contributed by atoms with Gasteiger partial charge in [-0.05, 0) is 37.8 Å². The van der Waals surface area contributed by atoms with Crippen molar-refractivity contribution in [3.05, 3.63) is 36.0 Å². The Morgan fingerprint density at radius 2 is 1.93 bits per heavy atom. The normalized spacial score (nSPS) is 17.1. The number of hydrogen-bond acceptors (Lipinski definition) is 1. The van der Waals surface area contributed by atoms with Crippen LogP contribution in [-0.4, -0.2) is 13.1 Å². The van der Waals surface area contributed by atoms with Gasteiger partial charge in [0.2, 0.25) is 0 Å². The van der Waals surface area contributed by atoms with Crippen LogP contribution in [-0.2, 0) is 0 Å². The van der Waals surface area contributed by atoms with E-state index >= 15 is 0 Å². The molecule has 1 saturated heterocycles. The number of para-hydroxylation sites is 1.